The molecule has 1 aliphatic rings. The lowest BCUT2D eigenvalue weighted by Crippen LogP contribution is -2.34. The minimum absolute atomic E-state index is 0.0928. The van der Waals surface area contributed by atoms with E-state index in [2.05, 4.69) is 15.3 Å². The van der Waals surface area contributed by atoms with E-state index in [-0.39, 0.29) is 22.6 Å². The highest BCUT2D eigenvalue weighted by molar-refractivity contribution is 5.97. The fourth-order valence-corrected chi connectivity index (χ4v) is 3.42. The van der Waals surface area contributed by atoms with Gasteiger partial charge < -0.3 is 15.3 Å². The van der Waals surface area contributed by atoms with Crippen LogP contribution in [0.25, 0.3) is 10.9 Å². The molecule has 1 aromatic carbocycles. The standard InChI is InChI=1S/C19H17N3O3/c23-17-9-8-11-15(21-17)6-3-7-16(11)22-19(25)13-10-20-14-5-2-1-4-12(14)18(13)24/h1-2,4-5,8-10,16H,3,6-7H2,(H,20,24)(H,21,23)(H,22,25). The smallest absolute Gasteiger partial charge is 0.257 e. The molecule has 1 unspecified atom stereocenters. The maximum atomic E-state index is 12.7. The third kappa shape index (κ3) is 2.76. The molecule has 1 amide bonds. The first-order chi connectivity index (χ1) is 12.1. The Morgan fingerprint density at radius 2 is 1.96 bits per heavy atom. The van der Waals surface area contributed by atoms with Crippen molar-refractivity contribution in [1.29, 1.82) is 0 Å². The lowest BCUT2D eigenvalue weighted by Gasteiger charge is -2.25. The van der Waals surface area contributed by atoms with Crippen molar-refractivity contribution < 1.29 is 4.79 Å². The Morgan fingerprint density at radius 3 is 2.84 bits per heavy atom. The SMILES string of the molecule is O=C(NC1CCCc2[nH]c(=O)ccc21)c1c[nH]c2ccccc2c1=O. The lowest BCUT2D eigenvalue weighted by molar-refractivity contribution is 0.0931. The van der Waals surface area contributed by atoms with Crippen LogP contribution >= 0.6 is 0 Å². The van der Waals surface area contributed by atoms with Crippen molar-refractivity contribution >= 4 is 16.8 Å². The number of hydrogen-bond donors (Lipinski definition) is 3. The first-order valence-corrected chi connectivity index (χ1v) is 8.27. The molecule has 0 radical (unpaired) electrons. The third-order valence-corrected chi connectivity index (χ3v) is 4.67. The number of benzene rings is 1. The van der Waals surface area contributed by atoms with Crippen LogP contribution in [0.4, 0.5) is 0 Å². The van der Waals surface area contributed by atoms with Gasteiger partial charge in [-0.05, 0) is 43.0 Å². The summed E-state index contributed by atoms with van der Waals surface area (Å²) in [5.41, 5.74) is 2.13. The summed E-state index contributed by atoms with van der Waals surface area (Å²) < 4.78 is 0. The molecule has 2 aromatic heterocycles. The zero-order chi connectivity index (χ0) is 17.4. The number of aromatic nitrogens is 2. The number of H-pyrrole nitrogens is 2. The van der Waals surface area contributed by atoms with Crippen molar-refractivity contribution in [2.45, 2.75) is 25.3 Å². The molecule has 25 heavy (non-hydrogen) atoms. The molecule has 3 aromatic rings. The summed E-state index contributed by atoms with van der Waals surface area (Å²) in [5.74, 6) is -0.406. The van der Waals surface area contributed by atoms with Gasteiger partial charge in [0, 0.05) is 28.9 Å². The van der Waals surface area contributed by atoms with Gasteiger partial charge in [-0.1, -0.05) is 12.1 Å². The van der Waals surface area contributed by atoms with Gasteiger partial charge in [-0.15, -0.1) is 0 Å². The second-order valence-electron chi connectivity index (χ2n) is 6.25. The summed E-state index contributed by atoms with van der Waals surface area (Å²) in [5, 5.41) is 3.42. The van der Waals surface area contributed by atoms with Gasteiger partial charge in [0.2, 0.25) is 11.0 Å². The van der Waals surface area contributed by atoms with Crippen LogP contribution in [0.3, 0.4) is 0 Å². The van der Waals surface area contributed by atoms with E-state index in [0.717, 1.165) is 30.5 Å². The van der Waals surface area contributed by atoms with Gasteiger partial charge in [0.05, 0.1) is 6.04 Å². The molecule has 0 bridgehead atoms. The Hall–Kier alpha value is -3.15. The summed E-state index contributed by atoms with van der Waals surface area (Å²) >= 11 is 0. The van der Waals surface area contributed by atoms with E-state index in [9.17, 15) is 14.4 Å². The molecule has 3 N–H and O–H groups in total. The second-order valence-corrected chi connectivity index (χ2v) is 6.25. The number of aromatic amines is 2. The van der Waals surface area contributed by atoms with Crippen molar-refractivity contribution in [3.05, 3.63) is 80.0 Å². The zero-order valence-electron chi connectivity index (χ0n) is 13.5. The monoisotopic (exact) mass is 335 g/mol. The minimum atomic E-state index is -0.406. The van der Waals surface area contributed by atoms with Gasteiger partial charge in [-0.2, -0.15) is 0 Å². The van der Waals surface area contributed by atoms with Crippen LogP contribution in [-0.4, -0.2) is 15.9 Å². The molecule has 0 spiro atoms. The molecule has 4 rings (SSSR count). The Kier molecular flexibility index (Phi) is 3.72. The minimum Gasteiger partial charge on any atom is -0.360 e. The second kappa shape index (κ2) is 6.05. The maximum absolute atomic E-state index is 12.7. The molecule has 0 fully saturated rings. The lowest BCUT2D eigenvalue weighted by atomic mass is 9.91. The predicted molar refractivity (Wildman–Crippen MR) is 94.8 cm³/mol. The fourth-order valence-electron chi connectivity index (χ4n) is 3.42. The van der Waals surface area contributed by atoms with Crippen LogP contribution in [0.2, 0.25) is 0 Å². The van der Waals surface area contributed by atoms with Gasteiger partial charge in [-0.3, -0.25) is 14.4 Å². The number of rotatable bonds is 2. The Morgan fingerprint density at radius 1 is 1.12 bits per heavy atom. The van der Waals surface area contributed by atoms with E-state index in [1.807, 2.05) is 6.07 Å². The number of fused-ring (bicyclic) bond motifs is 2. The van der Waals surface area contributed by atoms with Crippen LogP contribution in [0.5, 0.6) is 0 Å². The Balaban J connectivity index is 1.67. The topological polar surface area (TPSA) is 94.8 Å². The predicted octanol–water partition coefficient (Wildman–Crippen LogP) is 2.02. The van der Waals surface area contributed by atoms with Gasteiger partial charge in [0.15, 0.2) is 0 Å². The van der Waals surface area contributed by atoms with Crippen LogP contribution in [0.15, 0.2) is 52.2 Å². The van der Waals surface area contributed by atoms with Crippen molar-refractivity contribution in [3.8, 4) is 0 Å². The largest absolute Gasteiger partial charge is 0.360 e. The summed E-state index contributed by atoms with van der Waals surface area (Å²) in [4.78, 5) is 42.5. The maximum Gasteiger partial charge on any atom is 0.257 e. The van der Waals surface area contributed by atoms with Crippen LogP contribution in [-0.2, 0) is 6.42 Å². The van der Waals surface area contributed by atoms with Gasteiger partial charge in [0.25, 0.3) is 5.91 Å². The van der Waals surface area contributed by atoms with Crippen molar-refractivity contribution in [2.24, 2.45) is 0 Å². The van der Waals surface area contributed by atoms with Crippen molar-refractivity contribution in [2.75, 3.05) is 0 Å². The molecular weight excluding hydrogens is 318 g/mol. The average Bonchev–Trinajstić information content (AvgIpc) is 2.62. The zero-order valence-corrected chi connectivity index (χ0v) is 13.5. The first-order valence-electron chi connectivity index (χ1n) is 8.27. The molecule has 0 saturated heterocycles. The van der Waals surface area contributed by atoms with E-state index in [1.165, 1.54) is 12.3 Å². The summed E-state index contributed by atoms with van der Waals surface area (Å²) in [7, 11) is 0. The molecule has 0 saturated carbocycles. The summed E-state index contributed by atoms with van der Waals surface area (Å²) in [6.07, 6.45) is 3.88. The molecule has 2 heterocycles. The van der Waals surface area contributed by atoms with E-state index < -0.39 is 5.91 Å². The van der Waals surface area contributed by atoms with E-state index in [1.54, 1.807) is 24.3 Å². The summed E-state index contributed by atoms with van der Waals surface area (Å²) in [6.45, 7) is 0. The molecule has 6 heteroatoms. The normalized spacial score (nSPS) is 16.4. The number of para-hydroxylation sites is 1. The Bertz CT molecular complexity index is 1080. The van der Waals surface area contributed by atoms with Gasteiger partial charge >= 0.3 is 0 Å². The first kappa shape index (κ1) is 15.4. The quantitative estimate of drug-likeness (QED) is 0.669. The molecule has 1 atom stereocenters. The van der Waals surface area contributed by atoms with Crippen molar-refractivity contribution in [1.82, 2.24) is 15.3 Å². The molecular formula is C19H17N3O3. The Labute approximate surface area is 142 Å². The molecule has 0 aliphatic heterocycles. The average molecular weight is 335 g/mol. The number of carbonyl (C=O) groups excluding carboxylic acids is 1. The molecule has 1 aliphatic carbocycles. The van der Waals surface area contributed by atoms with Gasteiger partial charge in [-0.25, -0.2) is 0 Å². The number of amides is 1. The van der Waals surface area contributed by atoms with E-state index in [0.29, 0.717) is 10.9 Å². The van der Waals surface area contributed by atoms with Crippen LogP contribution in [0, 0.1) is 0 Å². The number of hydrogen-bond acceptors (Lipinski definition) is 3. The van der Waals surface area contributed by atoms with Crippen molar-refractivity contribution in [3.63, 3.8) is 0 Å². The molecule has 126 valence electrons. The third-order valence-electron chi connectivity index (χ3n) is 4.67. The van der Waals surface area contributed by atoms with Crippen LogP contribution < -0.4 is 16.3 Å². The number of nitrogens with one attached hydrogen (secondary N) is 3. The fraction of sp³-hybridized carbons (Fsp3) is 0.211. The number of aryl methyl sites for hydroxylation is 1. The van der Waals surface area contributed by atoms with E-state index >= 15 is 0 Å². The number of carbonyl (C=O) groups is 1. The number of pyridine rings is 2. The van der Waals surface area contributed by atoms with Gasteiger partial charge in [0.1, 0.15) is 5.56 Å². The van der Waals surface area contributed by atoms with E-state index in [4.69, 9.17) is 0 Å². The highest BCUT2D eigenvalue weighted by Gasteiger charge is 2.24. The summed E-state index contributed by atoms with van der Waals surface area (Å²) in [6, 6.07) is 10.1. The molecule has 6 nitrogen and oxygen atoms in total. The highest BCUT2D eigenvalue weighted by atomic mass is 16.2. The highest BCUT2D eigenvalue weighted by Crippen LogP contribution is 2.27. The van der Waals surface area contributed by atoms with Crippen LogP contribution in [0.1, 0.15) is 40.5 Å².